The molecule has 26 heavy (non-hydrogen) atoms. The Morgan fingerprint density at radius 3 is 3.00 bits per heavy atom. The van der Waals surface area contributed by atoms with Crippen molar-refractivity contribution in [2.75, 3.05) is 39.4 Å². The Labute approximate surface area is 152 Å². The van der Waals surface area contributed by atoms with Gasteiger partial charge in [0.05, 0.1) is 24.3 Å². The lowest BCUT2D eigenvalue weighted by molar-refractivity contribution is 0.0374. The van der Waals surface area contributed by atoms with E-state index in [0.717, 1.165) is 56.1 Å². The van der Waals surface area contributed by atoms with Gasteiger partial charge in [-0.3, -0.25) is 9.69 Å². The molecular weight excluding hydrogens is 334 g/mol. The molecule has 4 rings (SSSR count). The smallest absolute Gasteiger partial charge is 0.273 e. The van der Waals surface area contributed by atoms with Crippen molar-refractivity contribution in [3.8, 4) is 17.1 Å². The van der Waals surface area contributed by atoms with Crippen LogP contribution in [0.15, 0.2) is 22.7 Å². The van der Waals surface area contributed by atoms with E-state index in [2.05, 4.69) is 15.4 Å². The molecule has 7 heteroatoms. The number of aryl methyl sites for hydroxylation is 1. The molecule has 3 heterocycles. The van der Waals surface area contributed by atoms with E-state index in [-0.39, 0.29) is 5.91 Å². The number of nitrogens with one attached hydrogen (secondary N) is 1. The van der Waals surface area contributed by atoms with Gasteiger partial charge in [0, 0.05) is 19.6 Å². The van der Waals surface area contributed by atoms with E-state index < -0.39 is 0 Å². The summed E-state index contributed by atoms with van der Waals surface area (Å²) in [5.41, 5.74) is 2.99. The summed E-state index contributed by atoms with van der Waals surface area (Å²) in [6, 6.07) is 5.90. The van der Waals surface area contributed by atoms with E-state index >= 15 is 0 Å². The molecule has 0 radical (unpaired) electrons. The van der Waals surface area contributed by atoms with Crippen LogP contribution in [0.25, 0.3) is 11.3 Å². The maximum absolute atomic E-state index is 12.5. The number of fused-ring (bicyclic) bond motifs is 3. The van der Waals surface area contributed by atoms with Gasteiger partial charge in [0.2, 0.25) is 0 Å². The third-order valence-electron chi connectivity index (χ3n) is 4.80. The summed E-state index contributed by atoms with van der Waals surface area (Å²) in [7, 11) is 0. The molecule has 2 aromatic rings. The highest BCUT2D eigenvalue weighted by Gasteiger charge is 2.28. The van der Waals surface area contributed by atoms with Gasteiger partial charge < -0.3 is 19.3 Å². The maximum atomic E-state index is 12.5. The number of rotatable bonds is 5. The minimum Gasteiger partial charge on any atom is -0.488 e. The van der Waals surface area contributed by atoms with E-state index in [4.69, 9.17) is 14.0 Å². The predicted octanol–water partition coefficient (Wildman–Crippen LogP) is 1.99. The average molecular weight is 357 g/mol. The van der Waals surface area contributed by atoms with Crippen molar-refractivity contribution in [1.82, 2.24) is 15.4 Å². The zero-order chi connectivity index (χ0) is 17.9. The maximum Gasteiger partial charge on any atom is 0.273 e. The van der Waals surface area contributed by atoms with Gasteiger partial charge in [-0.1, -0.05) is 16.8 Å². The van der Waals surface area contributed by atoms with Crippen LogP contribution in [0.1, 0.15) is 28.0 Å². The van der Waals surface area contributed by atoms with Crippen molar-refractivity contribution >= 4 is 5.91 Å². The largest absolute Gasteiger partial charge is 0.488 e. The molecule has 7 nitrogen and oxygen atoms in total. The van der Waals surface area contributed by atoms with Crippen LogP contribution in [-0.4, -0.2) is 55.4 Å². The topological polar surface area (TPSA) is 76.8 Å². The van der Waals surface area contributed by atoms with Crippen molar-refractivity contribution in [3.63, 3.8) is 0 Å². The Morgan fingerprint density at radius 2 is 2.15 bits per heavy atom. The van der Waals surface area contributed by atoms with E-state index in [1.54, 1.807) is 0 Å². The second-order valence-corrected chi connectivity index (χ2v) is 6.69. The lowest BCUT2D eigenvalue weighted by Gasteiger charge is -2.26. The third kappa shape index (κ3) is 3.45. The number of hydrogen-bond donors (Lipinski definition) is 1. The second-order valence-electron chi connectivity index (χ2n) is 6.69. The molecule has 1 aromatic heterocycles. The van der Waals surface area contributed by atoms with Crippen molar-refractivity contribution in [2.45, 2.75) is 20.0 Å². The summed E-state index contributed by atoms with van der Waals surface area (Å²) in [5, 5.41) is 6.94. The summed E-state index contributed by atoms with van der Waals surface area (Å²) < 4.78 is 16.6. The second kappa shape index (κ2) is 7.47. The van der Waals surface area contributed by atoms with E-state index in [1.165, 1.54) is 0 Å². The highest BCUT2D eigenvalue weighted by atomic mass is 16.5. The Morgan fingerprint density at radius 1 is 1.31 bits per heavy atom. The molecule has 1 aromatic carbocycles. The van der Waals surface area contributed by atoms with Crippen LogP contribution in [0, 0.1) is 6.92 Å². The van der Waals surface area contributed by atoms with Crippen LogP contribution in [0.3, 0.4) is 0 Å². The lowest BCUT2D eigenvalue weighted by atomic mass is 10.0. The van der Waals surface area contributed by atoms with Gasteiger partial charge in [-0.25, -0.2) is 0 Å². The molecule has 0 atom stereocenters. The first kappa shape index (κ1) is 17.1. The number of benzene rings is 1. The zero-order valence-electron chi connectivity index (χ0n) is 14.9. The number of aromatic nitrogens is 1. The van der Waals surface area contributed by atoms with Crippen molar-refractivity contribution in [2.24, 2.45) is 0 Å². The molecule has 2 aliphatic rings. The monoisotopic (exact) mass is 357 g/mol. The van der Waals surface area contributed by atoms with Gasteiger partial charge in [0.15, 0.2) is 11.5 Å². The Hall–Kier alpha value is -2.38. The number of nitrogens with zero attached hydrogens (tertiary/aromatic N) is 2. The molecule has 1 fully saturated rings. The molecular formula is C19H23N3O4. The number of carbonyl (C=O) groups is 1. The highest BCUT2D eigenvalue weighted by molar-refractivity contribution is 5.95. The lowest BCUT2D eigenvalue weighted by Crippen LogP contribution is -2.38. The number of amides is 1. The molecule has 0 saturated carbocycles. The normalized spacial score (nSPS) is 16.5. The minimum atomic E-state index is -0.211. The summed E-state index contributed by atoms with van der Waals surface area (Å²) >= 11 is 0. The molecule has 0 unspecified atom stereocenters. The van der Waals surface area contributed by atoms with Crippen molar-refractivity contribution in [1.29, 1.82) is 0 Å². The van der Waals surface area contributed by atoms with Gasteiger partial charge in [-0.05, 0) is 32.0 Å². The van der Waals surface area contributed by atoms with Gasteiger partial charge in [-0.15, -0.1) is 0 Å². The SMILES string of the molecule is Cc1ccc2c(c1)-c1onc(C(=O)NCCCN3CCOCC3)c1CO2. The van der Waals surface area contributed by atoms with Crippen LogP contribution < -0.4 is 10.1 Å². The van der Waals surface area contributed by atoms with E-state index in [1.807, 2.05) is 25.1 Å². The molecule has 2 aliphatic heterocycles. The Balaban J connectivity index is 1.37. The fourth-order valence-corrected chi connectivity index (χ4v) is 3.34. The van der Waals surface area contributed by atoms with Crippen LogP contribution in [-0.2, 0) is 11.3 Å². The predicted molar refractivity (Wildman–Crippen MR) is 95.2 cm³/mol. The first-order valence-corrected chi connectivity index (χ1v) is 9.03. The number of morpholine rings is 1. The molecule has 1 amide bonds. The summed E-state index contributed by atoms with van der Waals surface area (Å²) in [4.78, 5) is 14.8. The first-order valence-electron chi connectivity index (χ1n) is 9.03. The fourth-order valence-electron chi connectivity index (χ4n) is 3.34. The highest BCUT2D eigenvalue weighted by Crippen LogP contribution is 2.39. The molecule has 1 N–H and O–H groups in total. The van der Waals surface area contributed by atoms with Crippen LogP contribution in [0.2, 0.25) is 0 Å². The van der Waals surface area contributed by atoms with Gasteiger partial charge in [0.25, 0.3) is 5.91 Å². The Bertz CT molecular complexity index is 796. The van der Waals surface area contributed by atoms with Crippen molar-refractivity contribution < 1.29 is 18.8 Å². The van der Waals surface area contributed by atoms with Crippen LogP contribution in [0.4, 0.5) is 0 Å². The standard InChI is InChI=1S/C19H23N3O4/c1-13-3-4-16-14(11-13)18-15(12-25-16)17(21-26-18)19(23)20-5-2-6-22-7-9-24-10-8-22/h3-4,11H,2,5-10,12H2,1H3,(H,20,23). The average Bonchev–Trinajstić information content (AvgIpc) is 3.10. The van der Waals surface area contributed by atoms with Gasteiger partial charge in [0.1, 0.15) is 12.4 Å². The zero-order valence-corrected chi connectivity index (χ0v) is 14.9. The summed E-state index contributed by atoms with van der Waals surface area (Å²) in [6.07, 6.45) is 0.893. The van der Waals surface area contributed by atoms with Crippen LogP contribution in [0.5, 0.6) is 5.75 Å². The van der Waals surface area contributed by atoms with E-state index in [0.29, 0.717) is 30.2 Å². The summed E-state index contributed by atoms with van der Waals surface area (Å²) in [6.45, 7) is 7.36. The van der Waals surface area contributed by atoms with E-state index in [9.17, 15) is 4.79 Å². The van der Waals surface area contributed by atoms with Crippen molar-refractivity contribution in [3.05, 3.63) is 35.0 Å². The molecule has 138 valence electrons. The van der Waals surface area contributed by atoms with Gasteiger partial charge in [-0.2, -0.15) is 0 Å². The molecule has 0 spiro atoms. The van der Waals surface area contributed by atoms with Crippen LogP contribution >= 0.6 is 0 Å². The fraction of sp³-hybridized carbons (Fsp3) is 0.474. The molecule has 1 saturated heterocycles. The van der Waals surface area contributed by atoms with Gasteiger partial charge >= 0.3 is 0 Å². The molecule has 0 bridgehead atoms. The minimum absolute atomic E-state index is 0.211. The Kier molecular flexibility index (Phi) is 4.90. The number of carbonyl (C=O) groups excluding carboxylic acids is 1. The quantitative estimate of drug-likeness (QED) is 0.825. The first-order chi connectivity index (χ1) is 12.7. The molecule has 0 aliphatic carbocycles. The summed E-state index contributed by atoms with van der Waals surface area (Å²) in [5.74, 6) is 1.18. The third-order valence-corrected chi connectivity index (χ3v) is 4.80. The number of hydrogen-bond acceptors (Lipinski definition) is 6. The number of ether oxygens (including phenoxy) is 2.